The Bertz CT molecular complexity index is 2100. The summed E-state index contributed by atoms with van der Waals surface area (Å²) in [5.74, 6) is 0. The fourth-order valence-corrected chi connectivity index (χ4v) is 6.81. The molecular weight excluding hydrogens is 454 g/mol. The second-order valence-corrected chi connectivity index (χ2v) is 10.5. The van der Waals surface area contributed by atoms with E-state index in [1.807, 2.05) is 11.3 Å². The Morgan fingerprint density at radius 2 is 1.08 bits per heavy atom. The van der Waals surface area contributed by atoms with Crippen LogP contribution < -0.4 is 0 Å². The lowest BCUT2D eigenvalue weighted by molar-refractivity contribution is 1.20. The second kappa shape index (κ2) is 7.55. The van der Waals surface area contributed by atoms with Crippen LogP contribution in [-0.4, -0.2) is 4.57 Å². The van der Waals surface area contributed by atoms with E-state index in [0.29, 0.717) is 0 Å². The van der Waals surface area contributed by atoms with Gasteiger partial charge in [0.2, 0.25) is 0 Å². The number of aromatic nitrogens is 1. The highest BCUT2D eigenvalue weighted by molar-refractivity contribution is 7.25. The van der Waals surface area contributed by atoms with Crippen LogP contribution in [-0.2, 0) is 0 Å². The van der Waals surface area contributed by atoms with Gasteiger partial charge in [0.15, 0.2) is 0 Å². The zero-order valence-corrected chi connectivity index (χ0v) is 20.3. The minimum atomic E-state index is 1.22. The molecule has 0 N–H and O–H groups in total. The first kappa shape index (κ1) is 19.9. The molecule has 0 aliphatic heterocycles. The monoisotopic (exact) mass is 475 g/mol. The molecule has 0 fully saturated rings. The quantitative estimate of drug-likeness (QED) is 0.234. The third kappa shape index (κ3) is 2.82. The van der Waals surface area contributed by atoms with Gasteiger partial charge in [0.05, 0.1) is 16.7 Å². The van der Waals surface area contributed by atoms with E-state index in [1.54, 1.807) is 0 Å². The van der Waals surface area contributed by atoms with Crippen LogP contribution in [0.1, 0.15) is 0 Å². The number of rotatable bonds is 2. The van der Waals surface area contributed by atoms with Crippen LogP contribution >= 0.6 is 11.3 Å². The molecule has 0 unspecified atom stereocenters. The van der Waals surface area contributed by atoms with Crippen LogP contribution in [0.4, 0.5) is 0 Å². The lowest BCUT2D eigenvalue weighted by Gasteiger charge is -2.12. The van der Waals surface area contributed by atoms with Gasteiger partial charge in [0, 0.05) is 36.3 Å². The van der Waals surface area contributed by atoms with Gasteiger partial charge >= 0.3 is 0 Å². The lowest BCUT2D eigenvalue weighted by Crippen LogP contribution is -1.95. The molecule has 36 heavy (non-hydrogen) atoms. The Morgan fingerprint density at radius 1 is 0.417 bits per heavy atom. The maximum absolute atomic E-state index is 2.44. The van der Waals surface area contributed by atoms with E-state index in [-0.39, 0.29) is 0 Å². The van der Waals surface area contributed by atoms with Gasteiger partial charge in [-0.05, 0) is 52.9 Å². The second-order valence-electron chi connectivity index (χ2n) is 9.39. The number of para-hydroxylation sites is 1. The van der Waals surface area contributed by atoms with Gasteiger partial charge in [-0.15, -0.1) is 11.3 Å². The molecule has 0 spiro atoms. The van der Waals surface area contributed by atoms with Crippen molar-refractivity contribution in [3.63, 3.8) is 0 Å². The summed E-state index contributed by atoms with van der Waals surface area (Å²) in [5.41, 5.74) is 6.18. The maximum atomic E-state index is 2.44. The van der Waals surface area contributed by atoms with E-state index < -0.39 is 0 Å². The first-order chi connectivity index (χ1) is 17.8. The van der Waals surface area contributed by atoms with Crippen molar-refractivity contribution < 1.29 is 0 Å². The van der Waals surface area contributed by atoms with Gasteiger partial charge in [0.25, 0.3) is 0 Å². The average Bonchev–Trinajstić information content (AvgIpc) is 3.47. The number of fused-ring (bicyclic) bond motifs is 7. The van der Waals surface area contributed by atoms with E-state index in [1.165, 1.54) is 69.6 Å². The first-order valence-electron chi connectivity index (χ1n) is 12.3. The van der Waals surface area contributed by atoms with Gasteiger partial charge in [0.1, 0.15) is 0 Å². The predicted molar refractivity (Wildman–Crippen MR) is 157 cm³/mol. The van der Waals surface area contributed by atoms with Crippen molar-refractivity contribution in [2.45, 2.75) is 0 Å². The van der Waals surface area contributed by atoms with Crippen molar-refractivity contribution in [3.8, 4) is 16.8 Å². The van der Waals surface area contributed by atoms with E-state index in [4.69, 9.17) is 0 Å². The van der Waals surface area contributed by atoms with Gasteiger partial charge in [-0.25, -0.2) is 0 Å². The third-order valence-corrected chi connectivity index (χ3v) is 8.54. The van der Waals surface area contributed by atoms with E-state index in [0.717, 1.165) is 0 Å². The van der Waals surface area contributed by atoms with E-state index >= 15 is 0 Å². The Labute approximate surface area is 212 Å². The predicted octanol–water partition coefficient (Wildman–Crippen LogP) is 9.97. The standard InChI is InChI=1S/C34H21NS/c1-2-10-25-22(8-1)9-7-14-30(25)35-31-13-5-3-11-26(31)27-18-16-24(21-32(27)35)23-17-19-34-29(20-23)28-12-4-6-15-33(28)36-34/h1-21H. The Hall–Kier alpha value is -4.40. The van der Waals surface area contributed by atoms with Gasteiger partial charge in [-0.1, -0.05) is 91.0 Å². The molecule has 2 heteroatoms. The molecule has 0 saturated carbocycles. The average molecular weight is 476 g/mol. The number of hydrogen-bond donors (Lipinski definition) is 0. The molecule has 0 radical (unpaired) electrons. The van der Waals surface area contributed by atoms with Crippen LogP contribution in [0.25, 0.3) is 69.6 Å². The highest BCUT2D eigenvalue weighted by atomic mass is 32.1. The zero-order chi connectivity index (χ0) is 23.6. The summed E-state index contributed by atoms with van der Waals surface area (Å²) >= 11 is 1.87. The number of hydrogen-bond acceptors (Lipinski definition) is 1. The number of nitrogens with zero attached hydrogens (tertiary/aromatic N) is 1. The maximum Gasteiger partial charge on any atom is 0.0547 e. The molecular formula is C34H21NS. The summed E-state index contributed by atoms with van der Waals surface area (Å²) in [7, 11) is 0. The summed E-state index contributed by atoms with van der Waals surface area (Å²) < 4.78 is 5.12. The molecule has 1 nitrogen and oxygen atoms in total. The Kier molecular flexibility index (Phi) is 4.16. The zero-order valence-electron chi connectivity index (χ0n) is 19.5. The summed E-state index contributed by atoms with van der Waals surface area (Å²) in [6, 6.07) is 46.6. The number of benzene rings is 6. The Balaban J connectivity index is 1.43. The largest absolute Gasteiger partial charge is 0.309 e. The minimum absolute atomic E-state index is 1.22. The summed E-state index contributed by atoms with van der Waals surface area (Å²) in [6.45, 7) is 0. The highest BCUT2D eigenvalue weighted by Crippen LogP contribution is 2.39. The summed E-state index contributed by atoms with van der Waals surface area (Å²) in [6.07, 6.45) is 0. The van der Waals surface area contributed by atoms with E-state index in [9.17, 15) is 0 Å². The van der Waals surface area contributed by atoms with Gasteiger partial charge in [-0.2, -0.15) is 0 Å². The molecule has 2 heterocycles. The molecule has 0 saturated heterocycles. The molecule has 0 amide bonds. The van der Waals surface area contributed by atoms with E-state index in [2.05, 4.69) is 132 Å². The molecule has 2 aromatic heterocycles. The van der Waals surface area contributed by atoms with Crippen molar-refractivity contribution >= 4 is 64.1 Å². The lowest BCUT2D eigenvalue weighted by atomic mass is 10.0. The van der Waals surface area contributed by atoms with Crippen LogP contribution in [0, 0.1) is 0 Å². The molecule has 0 bridgehead atoms. The van der Waals surface area contributed by atoms with Crippen LogP contribution in [0.15, 0.2) is 127 Å². The molecule has 8 aromatic rings. The molecule has 168 valence electrons. The normalized spacial score (nSPS) is 11.9. The number of thiophene rings is 1. The summed E-state index contributed by atoms with van der Waals surface area (Å²) in [4.78, 5) is 0. The van der Waals surface area contributed by atoms with Crippen molar-refractivity contribution in [1.29, 1.82) is 0 Å². The molecule has 0 aliphatic carbocycles. The van der Waals surface area contributed by atoms with Crippen LogP contribution in [0.2, 0.25) is 0 Å². The minimum Gasteiger partial charge on any atom is -0.309 e. The topological polar surface area (TPSA) is 4.93 Å². The Morgan fingerprint density at radius 3 is 2.03 bits per heavy atom. The molecule has 0 atom stereocenters. The molecule has 0 aliphatic rings. The fraction of sp³-hybridized carbons (Fsp3) is 0. The highest BCUT2D eigenvalue weighted by Gasteiger charge is 2.15. The summed E-state index contributed by atoms with van der Waals surface area (Å²) in [5, 5.41) is 7.76. The SMILES string of the molecule is c1ccc2c(-n3c4ccccc4c4ccc(-c5ccc6sc7ccccc7c6c5)cc43)cccc2c1. The van der Waals surface area contributed by atoms with Gasteiger partial charge < -0.3 is 4.57 Å². The molecule has 8 rings (SSSR count). The van der Waals surface area contributed by atoms with Crippen LogP contribution in [0.5, 0.6) is 0 Å². The fourth-order valence-electron chi connectivity index (χ4n) is 5.72. The van der Waals surface area contributed by atoms with Crippen LogP contribution in [0.3, 0.4) is 0 Å². The molecule has 6 aromatic carbocycles. The van der Waals surface area contributed by atoms with Crippen molar-refractivity contribution in [2.24, 2.45) is 0 Å². The van der Waals surface area contributed by atoms with Crippen molar-refractivity contribution in [1.82, 2.24) is 4.57 Å². The van der Waals surface area contributed by atoms with Crippen molar-refractivity contribution in [3.05, 3.63) is 127 Å². The van der Waals surface area contributed by atoms with Gasteiger partial charge in [-0.3, -0.25) is 0 Å². The smallest absolute Gasteiger partial charge is 0.0547 e. The van der Waals surface area contributed by atoms with Crippen molar-refractivity contribution in [2.75, 3.05) is 0 Å². The first-order valence-corrected chi connectivity index (χ1v) is 13.1. The third-order valence-electron chi connectivity index (χ3n) is 7.39.